The van der Waals surface area contributed by atoms with Crippen LogP contribution in [0.25, 0.3) is 10.4 Å². The second-order valence-electron chi connectivity index (χ2n) is 8.54. The maximum atomic E-state index is 5.45. The van der Waals surface area contributed by atoms with Gasteiger partial charge < -0.3 is 15.0 Å². The molecular formula is C25H31N5OS. The average Bonchev–Trinajstić information content (AvgIpc) is 3.33. The fourth-order valence-electron chi connectivity index (χ4n) is 4.49. The van der Waals surface area contributed by atoms with Gasteiger partial charge in [-0.05, 0) is 43.6 Å². The number of pyridine rings is 1. The van der Waals surface area contributed by atoms with Crippen molar-refractivity contribution in [3.63, 3.8) is 0 Å². The highest BCUT2D eigenvalue weighted by molar-refractivity contribution is 7.18. The molecule has 7 heteroatoms. The first-order chi connectivity index (χ1) is 15.8. The molecule has 5 rings (SSSR count). The summed E-state index contributed by atoms with van der Waals surface area (Å²) < 4.78 is 5.45. The number of benzene rings is 1. The molecule has 1 aromatic carbocycles. The molecule has 0 bridgehead atoms. The number of hydrogen-bond donors (Lipinski definition) is 1. The zero-order valence-electron chi connectivity index (χ0n) is 18.4. The molecule has 2 saturated heterocycles. The Morgan fingerprint density at radius 1 is 0.906 bits per heavy atom. The Morgan fingerprint density at radius 3 is 2.44 bits per heavy atom. The Bertz CT molecular complexity index is 981. The van der Waals surface area contributed by atoms with E-state index in [1.165, 1.54) is 24.1 Å². The standard InChI is InChI=1S/C25H31N5OS/c1-2-5-21(6-3-1)23-19-26-25(32-23)28-24-8-4-7-22(27-24)20-9-11-29(12-10-20)13-14-30-15-17-31-18-16-30/h1-8,19-20H,9-18H2,(H,26,27,28). The molecule has 0 radical (unpaired) electrons. The minimum absolute atomic E-state index is 0.535. The van der Waals surface area contributed by atoms with Crippen molar-refractivity contribution in [1.29, 1.82) is 0 Å². The number of rotatable bonds is 7. The normalized spacial score (nSPS) is 18.6. The fourth-order valence-corrected chi connectivity index (χ4v) is 5.31. The lowest BCUT2D eigenvalue weighted by molar-refractivity contribution is 0.0320. The highest BCUT2D eigenvalue weighted by Crippen LogP contribution is 2.31. The summed E-state index contributed by atoms with van der Waals surface area (Å²) >= 11 is 1.66. The van der Waals surface area contributed by atoms with Gasteiger partial charge in [-0.15, -0.1) is 0 Å². The molecule has 0 saturated carbocycles. The molecule has 0 spiro atoms. The number of anilines is 2. The lowest BCUT2D eigenvalue weighted by atomic mass is 9.93. The van der Waals surface area contributed by atoms with Crippen molar-refractivity contribution < 1.29 is 4.74 Å². The van der Waals surface area contributed by atoms with Crippen molar-refractivity contribution in [2.24, 2.45) is 0 Å². The van der Waals surface area contributed by atoms with Gasteiger partial charge in [0.15, 0.2) is 5.13 Å². The third kappa shape index (κ3) is 5.53. The molecule has 1 N–H and O–H groups in total. The molecule has 0 amide bonds. The van der Waals surface area contributed by atoms with E-state index in [4.69, 9.17) is 9.72 Å². The first-order valence-electron chi connectivity index (χ1n) is 11.6. The molecule has 32 heavy (non-hydrogen) atoms. The maximum absolute atomic E-state index is 5.45. The number of nitrogens with zero attached hydrogens (tertiary/aromatic N) is 4. The smallest absolute Gasteiger partial charge is 0.188 e. The predicted molar refractivity (Wildman–Crippen MR) is 131 cm³/mol. The Balaban J connectivity index is 1.14. The molecule has 3 aromatic rings. The number of nitrogens with one attached hydrogen (secondary N) is 1. The molecule has 168 valence electrons. The van der Waals surface area contributed by atoms with E-state index in [0.29, 0.717) is 5.92 Å². The average molecular weight is 450 g/mol. The van der Waals surface area contributed by atoms with Crippen LogP contribution in [0.2, 0.25) is 0 Å². The van der Waals surface area contributed by atoms with E-state index in [-0.39, 0.29) is 0 Å². The summed E-state index contributed by atoms with van der Waals surface area (Å²) in [7, 11) is 0. The summed E-state index contributed by atoms with van der Waals surface area (Å²) in [6.45, 7) is 8.54. The summed E-state index contributed by atoms with van der Waals surface area (Å²) in [5.41, 5.74) is 2.39. The Morgan fingerprint density at radius 2 is 1.66 bits per heavy atom. The van der Waals surface area contributed by atoms with Crippen molar-refractivity contribution in [1.82, 2.24) is 19.8 Å². The summed E-state index contributed by atoms with van der Waals surface area (Å²) in [5, 5.41) is 4.29. The van der Waals surface area contributed by atoms with Crippen LogP contribution in [0.4, 0.5) is 10.9 Å². The van der Waals surface area contributed by atoms with Crippen LogP contribution in [0.15, 0.2) is 54.7 Å². The van der Waals surface area contributed by atoms with Crippen LogP contribution >= 0.6 is 11.3 Å². The maximum Gasteiger partial charge on any atom is 0.188 e. The molecule has 0 aliphatic carbocycles. The van der Waals surface area contributed by atoms with E-state index < -0.39 is 0 Å². The molecule has 2 fully saturated rings. The third-order valence-corrected chi connectivity index (χ3v) is 7.37. The molecule has 6 nitrogen and oxygen atoms in total. The number of hydrogen-bond acceptors (Lipinski definition) is 7. The van der Waals surface area contributed by atoms with E-state index in [1.54, 1.807) is 11.3 Å². The molecule has 4 heterocycles. The van der Waals surface area contributed by atoms with Crippen molar-refractivity contribution >= 4 is 22.3 Å². The third-order valence-electron chi connectivity index (χ3n) is 6.41. The number of aromatic nitrogens is 2. The van der Waals surface area contributed by atoms with Crippen LogP contribution in [-0.2, 0) is 4.74 Å². The minimum atomic E-state index is 0.535. The number of morpholine rings is 1. The number of ether oxygens (including phenoxy) is 1. The summed E-state index contributed by atoms with van der Waals surface area (Å²) in [5.74, 6) is 1.42. The van der Waals surface area contributed by atoms with Gasteiger partial charge in [-0.25, -0.2) is 9.97 Å². The summed E-state index contributed by atoms with van der Waals surface area (Å²) in [6, 6.07) is 16.7. The molecule has 2 aromatic heterocycles. The number of thiazole rings is 1. The SMILES string of the molecule is c1ccc(-c2cnc(Nc3cccc(C4CCN(CCN5CCOCC5)CC4)n3)s2)cc1. The quantitative estimate of drug-likeness (QED) is 0.575. The van der Waals surface area contributed by atoms with Gasteiger partial charge in [0.2, 0.25) is 0 Å². The Labute approximate surface area is 194 Å². The first kappa shape index (κ1) is 21.5. The van der Waals surface area contributed by atoms with Gasteiger partial charge in [0.1, 0.15) is 5.82 Å². The van der Waals surface area contributed by atoms with Gasteiger partial charge in [-0.3, -0.25) is 4.90 Å². The van der Waals surface area contributed by atoms with E-state index in [1.807, 2.05) is 18.3 Å². The predicted octanol–water partition coefficient (Wildman–Crippen LogP) is 4.46. The van der Waals surface area contributed by atoms with Gasteiger partial charge >= 0.3 is 0 Å². The minimum Gasteiger partial charge on any atom is -0.379 e. The van der Waals surface area contributed by atoms with E-state index in [9.17, 15) is 0 Å². The Kier molecular flexibility index (Phi) is 7.08. The van der Waals surface area contributed by atoms with Crippen molar-refractivity contribution in [2.75, 3.05) is 57.8 Å². The second-order valence-corrected chi connectivity index (χ2v) is 9.57. The van der Waals surface area contributed by atoms with E-state index in [0.717, 1.165) is 68.3 Å². The zero-order chi connectivity index (χ0) is 21.6. The van der Waals surface area contributed by atoms with Crippen molar-refractivity contribution in [2.45, 2.75) is 18.8 Å². The Hall–Kier alpha value is -2.32. The summed E-state index contributed by atoms with van der Waals surface area (Å²) in [4.78, 5) is 15.8. The number of likely N-dealkylation sites (tertiary alicyclic amines) is 1. The second kappa shape index (κ2) is 10.5. The molecule has 2 aliphatic rings. The van der Waals surface area contributed by atoms with E-state index >= 15 is 0 Å². The summed E-state index contributed by atoms with van der Waals surface area (Å²) in [6.07, 6.45) is 4.28. The van der Waals surface area contributed by atoms with E-state index in [2.05, 4.69) is 56.5 Å². The highest BCUT2D eigenvalue weighted by Gasteiger charge is 2.22. The topological polar surface area (TPSA) is 53.5 Å². The highest BCUT2D eigenvalue weighted by atomic mass is 32.1. The lowest BCUT2D eigenvalue weighted by Crippen LogP contribution is -2.43. The monoisotopic (exact) mass is 449 g/mol. The van der Waals surface area contributed by atoms with Crippen LogP contribution in [0.1, 0.15) is 24.5 Å². The van der Waals surface area contributed by atoms with Gasteiger partial charge in [0.25, 0.3) is 0 Å². The van der Waals surface area contributed by atoms with Crippen LogP contribution in [0.5, 0.6) is 0 Å². The van der Waals surface area contributed by atoms with Crippen molar-refractivity contribution in [3.05, 3.63) is 60.4 Å². The van der Waals surface area contributed by atoms with Crippen molar-refractivity contribution in [3.8, 4) is 10.4 Å². The van der Waals surface area contributed by atoms with Gasteiger partial charge in [-0.1, -0.05) is 47.7 Å². The van der Waals surface area contributed by atoms with Crippen LogP contribution in [-0.4, -0.2) is 72.3 Å². The fraction of sp³-hybridized carbons (Fsp3) is 0.440. The molecule has 0 unspecified atom stereocenters. The molecule has 0 atom stereocenters. The molecule has 2 aliphatic heterocycles. The van der Waals surface area contributed by atoms with Crippen LogP contribution in [0, 0.1) is 0 Å². The molecular weight excluding hydrogens is 418 g/mol. The number of piperidine rings is 1. The lowest BCUT2D eigenvalue weighted by Gasteiger charge is -2.34. The first-order valence-corrected chi connectivity index (χ1v) is 12.4. The van der Waals surface area contributed by atoms with Crippen LogP contribution < -0.4 is 5.32 Å². The van der Waals surface area contributed by atoms with Gasteiger partial charge in [0, 0.05) is 44.0 Å². The largest absolute Gasteiger partial charge is 0.379 e. The van der Waals surface area contributed by atoms with Crippen LogP contribution in [0.3, 0.4) is 0 Å². The van der Waals surface area contributed by atoms with Gasteiger partial charge in [0.05, 0.1) is 18.1 Å². The zero-order valence-corrected chi connectivity index (χ0v) is 19.3. The van der Waals surface area contributed by atoms with Gasteiger partial charge in [-0.2, -0.15) is 0 Å².